The molecule has 0 saturated carbocycles. The van der Waals surface area contributed by atoms with Crippen LogP contribution in [-0.4, -0.2) is 29.3 Å². The number of anilines is 2. The highest BCUT2D eigenvalue weighted by atomic mass is 79.9. The minimum absolute atomic E-state index is 0.712. The monoisotopic (exact) mass is 359 g/mol. The third-order valence-corrected chi connectivity index (χ3v) is 4.12. The van der Waals surface area contributed by atoms with Gasteiger partial charge in [-0.15, -0.1) is 0 Å². The topological polar surface area (TPSA) is 53.4 Å². The van der Waals surface area contributed by atoms with Gasteiger partial charge < -0.3 is 4.90 Å². The fraction of sp³-hybridized carbons (Fsp3) is 0.312. The average molecular weight is 360 g/mol. The van der Waals surface area contributed by atoms with Crippen LogP contribution in [0.3, 0.4) is 0 Å². The van der Waals surface area contributed by atoms with Gasteiger partial charge >= 0.3 is 0 Å². The predicted octanol–water partition coefficient (Wildman–Crippen LogP) is 3.68. The van der Waals surface area contributed by atoms with Crippen LogP contribution in [0.5, 0.6) is 0 Å². The van der Waals surface area contributed by atoms with E-state index in [2.05, 4.69) is 41.3 Å². The van der Waals surface area contributed by atoms with E-state index < -0.39 is 0 Å². The number of nitrogens with zero attached hydrogens (tertiary/aromatic N) is 4. The fourth-order valence-electron chi connectivity index (χ4n) is 2.43. The summed E-state index contributed by atoms with van der Waals surface area (Å²) < 4.78 is 1.06. The summed E-state index contributed by atoms with van der Waals surface area (Å²) in [6, 6.07) is 9.91. The molecule has 3 rings (SSSR count). The Kier molecular flexibility index (Phi) is 5.00. The Labute approximate surface area is 138 Å². The van der Waals surface area contributed by atoms with E-state index in [1.807, 2.05) is 30.3 Å². The van der Waals surface area contributed by atoms with Gasteiger partial charge in [-0.05, 0) is 37.0 Å². The zero-order valence-electron chi connectivity index (χ0n) is 12.2. The van der Waals surface area contributed by atoms with Crippen molar-refractivity contribution in [1.29, 1.82) is 0 Å². The molecule has 6 heteroatoms. The third kappa shape index (κ3) is 4.04. The van der Waals surface area contributed by atoms with Crippen LogP contribution in [0.2, 0.25) is 0 Å². The van der Waals surface area contributed by atoms with E-state index in [4.69, 9.17) is 0 Å². The Morgan fingerprint density at radius 1 is 1.09 bits per heavy atom. The van der Waals surface area contributed by atoms with Crippen LogP contribution < -0.4 is 10.3 Å². The summed E-state index contributed by atoms with van der Waals surface area (Å²) in [5.74, 6) is 1.68. The molecule has 0 aliphatic carbocycles. The lowest BCUT2D eigenvalue weighted by atomic mass is 10.1. The quantitative estimate of drug-likeness (QED) is 0.668. The zero-order chi connectivity index (χ0) is 15.2. The highest BCUT2D eigenvalue weighted by Gasteiger charge is 2.12. The van der Waals surface area contributed by atoms with Crippen molar-refractivity contribution in [3.05, 3.63) is 46.7 Å². The van der Waals surface area contributed by atoms with Crippen LogP contribution in [0.4, 0.5) is 11.6 Å². The Balaban J connectivity index is 1.63. The molecule has 2 heterocycles. The summed E-state index contributed by atoms with van der Waals surface area (Å²) in [7, 11) is 0. The molecule has 1 aromatic heterocycles. The molecule has 0 amide bonds. The molecule has 1 aliphatic rings. The maximum atomic E-state index is 4.36. The van der Waals surface area contributed by atoms with Crippen molar-refractivity contribution >= 4 is 33.8 Å². The van der Waals surface area contributed by atoms with E-state index in [1.54, 1.807) is 12.5 Å². The molecule has 2 aromatic rings. The maximum Gasteiger partial charge on any atom is 0.151 e. The number of benzene rings is 1. The first-order valence-electron chi connectivity index (χ1n) is 7.43. The molecule has 1 aromatic carbocycles. The molecule has 1 fully saturated rings. The number of hydrazone groups is 1. The Morgan fingerprint density at radius 2 is 1.86 bits per heavy atom. The molecule has 1 saturated heterocycles. The lowest BCUT2D eigenvalue weighted by Crippen LogP contribution is -2.30. The van der Waals surface area contributed by atoms with Gasteiger partial charge in [0, 0.05) is 23.6 Å². The van der Waals surface area contributed by atoms with Gasteiger partial charge in [0.05, 0.1) is 6.21 Å². The Morgan fingerprint density at radius 3 is 2.64 bits per heavy atom. The van der Waals surface area contributed by atoms with Crippen LogP contribution in [0.1, 0.15) is 24.8 Å². The molecule has 0 atom stereocenters. The van der Waals surface area contributed by atoms with E-state index in [9.17, 15) is 0 Å². The van der Waals surface area contributed by atoms with Gasteiger partial charge in [-0.3, -0.25) is 5.43 Å². The number of piperidine rings is 1. The first-order valence-corrected chi connectivity index (χ1v) is 8.22. The van der Waals surface area contributed by atoms with Crippen molar-refractivity contribution in [2.24, 2.45) is 5.10 Å². The highest BCUT2D eigenvalue weighted by molar-refractivity contribution is 9.10. The van der Waals surface area contributed by atoms with Gasteiger partial charge in [-0.25, -0.2) is 9.97 Å². The Hall–Kier alpha value is -1.95. The number of rotatable bonds is 4. The molecule has 114 valence electrons. The summed E-state index contributed by atoms with van der Waals surface area (Å²) in [5.41, 5.74) is 4.00. The summed E-state index contributed by atoms with van der Waals surface area (Å²) in [6.07, 6.45) is 7.13. The molecule has 0 bridgehead atoms. The Bertz CT molecular complexity index is 635. The average Bonchev–Trinajstić information content (AvgIpc) is 2.58. The molecular weight excluding hydrogens is 342 g/mol. The first kappa shape index (κ1) is 15.0. The third-order valence-electron chi connectivity index (χ3n) is 3.60. The molecular formula is C16H18BrN5. The van der Waals surface area contributed by atoms with Crippen LogP contribution >= 0.6 is 15.9 Å². The second-order valence-corrected chi connectivity index (χ2v) is 6.15. The van der Waals surface area contributed by atoms with Gasteiger partial charge in [0.25, 0.3) is 0 Å². The van der Waals surface area contributed by atoms with Crippen molar-refractivity contribution in [3.63, 3.8) is 0 Å². The molecule has 5 nitrogen and oxygen atoms in total. The predicted molar refractivity (Wildman–Crippen MR) is 93.5 cm³/mol. The summed E-state index contributed by atoms with van der Waals surface area (Å²) >= 11 is 3.41. The van der Waals surface area contributed by atoms with Gasteiger partial charge in [-0.2, -0.15) is 5.10 Å². The maximum absolute atomic E-state index is 4.36. The normalized spacial score (nSPS) is 15.2. The number of halogens is 1. The second-order valence-electron chi connectivity index (χ2n) is 5.23. The SMILES string of the molecule is Brc1ccc(/C=N\Nc2cc(N3CCCCC3)ncn2)cc1. The molecule has 1 N–H and O–H groups in total. The van der Waals surface area contributed by atoms with Crippen molar-refractivity contribution in [3.8, 4) is 0 Å². The number of hydrogen-bond donors (Lipinski definition) is 1. The van der Waals surface area contributed by atoms with Gasteiger partial charge in [-0.1, -0.05) is 28.1 Å². The molecule has 1 aliphatic heterocycles. The van der Waals surface area contributed by atoms with Crippen molar-refractivity contribution in [2.75, 3.05) is 23.4 Å². The first-order chi connectivity index (χ1) is 10.8. The number of aromatic nitrogens is 2. The number of nitrogens with one attached hydrogen (secondary N) is 1. The smallest absolute Gasteiger partial charge is 0.151 e. The van der Waals surface area contributed by atoms with Crippen LogP contribution in [0.25, 0.3) is 0 Å². The lowest BCUT2D eigenvalue weighted by molar-refractivity contribution is 0.573. The molecule has 0 unspecified atom stereocenters. The number of hydrogen-bond acceptors (Lipinski definition) is 5. The van der Waals surface area contributed by atoms with E-state index in [0.29, 0.717) is 5.82 Å². The standard InChI is InChI=1S/C16H18BrN5/c17-14-6-4-13(5-7-14)11-20-21-15-10-16(19-12-18-15)22-8-2-1-3-9-22/h4-7,10-12H,1-3,8-9H2,(H,18,19,21)/b20-11-. The minimum Gasteiger partial charge on any atom is -0.356 e. The summed E-state index contributed by atoms with van der Waals surface area (Å²) in [5, 5.41) is 4.23. The lowest BCUT2D eigenvalue weighted by Gasteiger charge is -2.27. The summed E-state index contributed by atoms with van der Waals surface area (Å²) in [4.78, 5) is 10.9. The van der Waals surface area contributed by atoms with Crippen LogP contribution in [0, 0.1) is 0 Å². The van der Waals surface area contributed by atoms with E-state index in [0.717, 1.165) is 28.9 Å². The van der Waals surface area contributed by atoms with Crippen LogP contribution in [0.15, 0.2) is 46.2 Å². The van der Waals surface area contributed by atoms with E-state index in [-0.39, 0.29) is 0 Å². The van der Waals surface area contributed by atoms with Gasteiger partial charge in [0.15, 0.2) is 5.82 Å². The summed E-state index contributed by atoms with van der Waals surface area (Å²) in [6.45, 7) is 2.14. The van der Waals surface area contributed by atoms with Gasteiger partial charge in [0.2, 0.25) is 0 Å². The molecule has 0 spiro atoms. The largest absolute Gasteiger partial charge is 0.356 e. The zero-order valence-corrected chi connectivity index (χ0v) is 13.8. The van der Waals surface area contributed by atoms with Crippen molar-refractivity contribution in [1.82, 2.24) is 9.97 Å². The van der Waals surface area contributed by atoms with E-state index >= 15 is 0 Å². The van der Waals surface area contributed by atoms with Gasteiger partial charge in [0.1, 0.15) is 12.1 Å². The van der Waals surface area contributed by atoms with Crippen molar-refractivity contribution in [2.45, 2.75) is 19.3 Å². The fourth-order valence-corrected chi connectivity index (χ4v) is 2.69. The van der Waals surface area contributed by atoms with E-state index in [1.165, 1.54) is 19.3 Å². The highest BCUT2D eigenvalue weighted by Crippen LogP contribution is 2.19. The minimum atomic E-state index is 0.712. The second kappa shape index (κ2) is 7.35. The van der Waals surface area contributed by atoms with Crippen molar-refractivity contribution < 1.29 is 0 Å². The molecule has 0 radical (unpaired) electrons. The molecule has 22 heavy (non-hydrogen) atoms. The van der Waals surface area contributed by atoms with Crippen LogP contribution in [-0.2, 0) is 0 Å².